The average Bonchev–Trinajstić information content (AvgIpc) is 0.766. The van der Waals surface area contributed by atoms with Gasteiger partial charge >= 0.3 is 0 Å². The molecule has 0 rings (SSSR count). The highest BCUT2D eigenvalue weighted by Crippen LogP contribution is 2.48. The van der Waals surface area contributed by atoms with Gasteiger partial charge in [-0.2, -0.15) is 23.5 Å². The van der Waals surface area contributed by atoms with Crippen molar-refractivity contribution in [3.8, 4) is 0 Å². The third-order valence-electron chi connectivity index (χ3n) is 25.7. The van der Waals surface area contributed by atoms with Crippen molar-refractivity contribution in [3.63, 3.8) is 0 Å². The lowest BCUT2D eigenvalue weighted by molar-refractivity contribution is -0.228. The topological polar surface area (TPSA) is 47.1 Å². The normalized spacial score (nSPS) is 13.4. The van der Waals surface area contributed by atoms with E-state index in [0.29, 0.717) is 45.5 Å². The maximum atomic E-state index is 6.68. The van der Waals surface area contributed by atoms with Crippen LogP contribution in [0.15, 0.2) is 0 Å². The van der Waals surface area contributed by atoms with Crippen molar-refractivity contribution in [2.45, 2.75) is 420 Å². The van der Waals surface area contributed by atoms with Gasteiger partial charge in [-0.05, 0) is 290 Å². The van der Waals surface area contributed by atoms with E-state index < -0.39 is 0 Å². The summed E-state index contributed by atoms with van der Waals surface area (Å²) in [5, 5.41) is 0. The number of ether oxygens (including phenoxy) is 3. The Bertz CT molecular complexity index is 2080. The first-order valence-electron chi connectivity index (χ1n) is 48.4. The maximum Gasteiger partial charge on any atom is 0.0700 e. The molecule has 0 aliphatic heterocycles. The molecule has 0 amide bonds. The first-order valence-corrected chi connectivity index (χ1v) is 50.8. The summed E-state index contributed by atoms with van der Waals surface area (Å²) in [5.74, 6) is 17.1. The molecule has 0 unspecified atom stereocenters. The van der Waals surface area contributed by atoms with E-state index in [1.807, 2.05) is 0 Å². The molecule has 718 valence electrons. The van der Waals surface area contributed by atoms with Gasteiger partial charge < -0.3 is 38.7 Å². The number of nitrogens with zero attached hydrogens (tertiary/aromatic N) is 6. The molecule has 0 heterocycles. The molecular formula is C106H234N6O3S2. The lowest BCUT2D eigenvalue weighted by Gasteiger charge is -2.53. The SMILES string of the molecule is CC(C)C(C)(C)C(C)(C)OC(C)(C)C(C)(C)C(C)C.CC(C)C(C)(C)CN(C)CC(C)(C)C(C)C.CC(C)CC(C)(C)N(C)C(C)(C)CC(C)C.CC(C)CCN(C)C(C)(C)CC(C)C.CC(C)CCN(C)CC(C)(C)C(C)C.CC(C)CN(C)CCN(C)CC(C)C.CC(C)COCCOCC(C)C.CC(C)CSCCSCC(C)C. The van der Waals surface area contributed by atoms with Gasteiger partial charge in [-0.15, -0.1) is 0 Å². The van der Waals surface area contributed by atoms with Crippen LogP contribution in [-0.4, -0.2) is 208 Å². The van der Waals surface area contributed by atoms with Gasteiger partial charge in [0.2, 0.25) is 0 Å². The van der Waals surface area contributed by atoms with Gasteiger partial charge in [0.15, 0.2) is 0 Å². The molecule has 0 atom stereocenters. The van der Waals surface area contributed by atoms with Gasteiger partial charge in [-0.1, -0.05) is 291 Å². The second kappa shape index (κ2) is 65.8. The van der Waals surface area contributed by atoms with Gasteiger partial charge in [0.1, 0.15) is 0 Å². The largest absolute Gasteiger partial charge is 0.379 e. The van der Waals surface area contributed by atoms with Crippen LogP contribution in [0.3, 0.4) is 0 Å². The predicted molar refractivity (Wildman–Crippen MR) is 548 cm³/mol. The summed E-state index contributed by atoms with van der Waals surface area (Å²) in [5.41, 5.74) is 2.12. The van der Waals surface area contributed by atoms with Crippen LogP contribution >= 0.6 is 23.5 Å². The summed E-state index contributed by atoms with van der Waals surface area (Å²) >= 11 is 4.18. The number of likely N-dealkylation sites (N-methyl/N-ethyl adjacent to an activating group) is 2. The highest BCUT2D eigenvalue weighted by Gasteiger charge is 2.49. The van der Waals surface area contributed by atoms with Gasteiger partial charge in [-0.3, -0.25) is 4.90 Å². The van der Waals surface area contributed by atoms with Crippen molar-refractivity contribution >= 4 is 23.5 Å². The number of hydrogen-bond donors (Lipinski definition) is 0. The van der Waals surface area contributed by atoms with E-state index >= 15 is 0 Å². The minimum atomic E-state index is -0.156. The molecule has 9 nitrogen and oxygen atoms in total. The van der Waals surface area contributed by atoms with Gasteiger partial charge in [0.05, 0.1) is 24.4 Å². The molecule has 11 heteroatoms. The van der Waals surface area contributed by atoms with Crippen molar-refractivity contribution in [1.29, 1.82) is 0 Å². The van der Waals surface area contributed by atoms with Crippen molar-refractivity contribution in [1.82, 2.24) is 29.4 Å². The van der Waals surface area contributed by atoms with Crippen LogP contribution in [0.4, 0.5) is 0 Å². The summed E-state index contributed by atoms with van der Waals surface area (Å²) in [6, 6.07) is 0. The Morgan fingerprint density at radius 2 is 0.530 bits per heavy atom. The zero-order chi connectivity index (χ0) is 94.8. The van der Waals surface area contributed by atoms with Crippen LogP contribution in [-0.2, 0) is 14.2 Å². The summed E-state index contributed by atoms with van der Waals surface area (Å²) in [6.07, 6.45) is 6.40. The Kier molecular flexibility index (Phi) is 74.7. The Morgan fingerprint density at radius 3 is 0.761 bits per heavy atom. The molecule has 0 aromatic rings. The molecule has 0 aliphatic carbocycles. The van der Waals surface area contributed by atoms with Crippen LogP contribution in [0, 0.1) is 122 Å². The molecule has 0 saturated carbocycles. The third-order valence-corrected chi connectivity index (χ3v) is 28.7. The van der Waals surface area contributed by atoms with E-state index in [0.717, 1.165) is 97.4 Å². The lowest BCUT2D eigenvalue weighted by atomic mass is 9.66. The van der Waals surface area contributed by atoms with Gasteiger partial charge in [0.25, 0.3) is 0 Å². The maximum absolute atomic E-state index is 6.68. The first kappa shape index (κ1) is 133. The molecular weight excluding hydrogens is 1470 g/mol. The standard InChI is InChI=1S/C18H38O.2C15H33N.2C13H29N.C12H28N2.C10H22O2.C10H22S2/c1-13(2)15(5,6)17(9,10)19-18(11,12)16(7,8)14(3)4;1-12(2)14(5,6)10-16(9)11-15(7,8)13(3)4;1-12(2)10-14(5,6)16(9)15(7,8)11-13(3)4;1-11(2)8-9-14(7)10-13(5,6)12(3)4;1-11(2)8-9-14(7)13(5,6)10-12(3)4;1-11(2)9-13(5)7-8-14(6)10-12(3)4;2*1-9(2)7-11-5-6-12-8-10(3)4/h13-14H,1-12H3;2*12-13H,10-11H2,1-9H3;2*11-12H,8-10H2,1-7H3;11-12H,7-10H2,1-6H3;2*9-10H,5-8H2,1-4H3. The van der Waals surface area contributed by atoms with Crippen molar-refractivity contribution in [2.24, 2.45) is 122 Å². The van der Waals surface area contributed by atoms with Crippen LogP contribution < -0.4 is 0 Å². The number of hydrogen-bond acceptors (Lipinski definition) is 11. The fourth-order valence-corrected chi connectivity index (χ4v) is 16.0. The molecule has 0 fully saturated rings. The van der Waals surface area contributed by atoms with Crippen LogP contribution in [0.2, 0.25) is 0 Å². The minimum Gasteiger partial charge on any atom is -0.379 e. The van der Waals surface area contributed by atoms with Crippen LogP contribution in [0.5, 0.6) is 0 Å². The van der Waals surface area contributed by atoms with Crippen LogP contribution in [0.1, 0.15) is 392 Å². The Balaban J connectivity index is -0.000000194. The average molecular weight is 1710 g/mol. The highest BCUT2D eigenvalue weighted by molar-refractivity contribution is 8.02. The smallest absolute Gasteiger partial charge is 0.0700 e. The molecule has 0 saturated heterocycles. The van der Waals surface area contributed by atoms with Crippen molar-refractivity contribution in [3.05, 3.63) is 0 Å². The monoisotopic (exact) mass is 1700 g/mol. The zero-order valence-electron chi connectivity index (χ0n) is 92.5. The van der Waals surface area contributed by atoms with E-state index in [1.165, 1.54) is 114 Å². The van der Waals surface area contributed by atoms with E-state index in [2.05, 4.69) is 455 Å². The fourth-order valence-electron chi connectivity index (χ4n) is 13.8. The third kappa shape index (κ3) is 74.0. The lowest BCUT2D eigenvalue weighted by Crippen LogP contribution is -2.55. The number of rotatable bonds is 51. The Labute approximate surface area is 754 Å². The zero-order valence-corrected chi connectivity index (χ0v) is 94.2. The highest BCUT2D eigenvalue weighted by atomic mass is 32.2. The first-order chi connectivity index (χ1) is 52.2. The summed E-state index contributed by atoms with van der Waals surface area (Å²) in [6.45, 7) is 133. The molecule has 0 bridgehead atoms. The summed E-state index contributed by atoms with van der Waals surface area (Å²) in [7, 11) is 13.5. The molecule has 0 spiro atoms. The van der Waals surface area contributed by atoms with E-state index in [1.54, 1.807) is 0 Å². The molecule has 0 aromatic heterocycles. The fraction of sp³-hybridized carbons (Fsp3) is 1.00. The van der Waals surface area contributed by atoms with Gasteiger partial charge in [-0.25, -0.2) is 0 Å². The van der Waals surface area contributed by atoms with E-state index in [9.17, 15) is 0 Å². The quantitative estimate of drug-likeness (QED) is 0.0548. The van der Waals surface area contributed by atoms with Crippen molar-refractivity contribution < 1.29 is 14.2 Å². The summed E-state index contributed by atoms with van der Waals surface area (Å²) in [4.78, 5) is 14.9. The molecule has 0 aromatic carbocycles. The Morgan fingerprint density at radius 1 is 0.265 bits per heavy atom. The van der Waals surface area contributed by atoms with Crippen LogP contribution in [0.25, 0.3) is 0 Å². The van der Waals surface area contributed by atoms with E-state index in [-0.39, 0.29) is 33.1 Å². The Hall–Kier alpha value is 0.340. The van der Waals surface area contributed by atoms with E-state index in [4.69, 9.17) is 14.2 Å². The second-order valence-corrected chi connectivity index (χ2v) is 51.3. The molecule has 0 radical (unpaired) electrons. The van der Waals surface area contributed by atoms with Gasteiger partial charge in [0, 0.05) is 87.1 Å². The molecule has 0 N–H and O–H groups in total. The number of thioether (sulfide) groups is 2. The summed E-state index contributed by atoms with van der Waals surface area (Å²) < 4.78 is 17.4. The molecule has 0 aliphatic rings. The predicted octanol–water partition coefficient (Wildman–Crippen LogP) is 30.5. The second-order valence-electron chi connectivity index (χ2n) is 49.0. The minimum absolute atomic E-state index is 0.136. The van der Waals surface area contributed by atoms with Crippen molar-refractivity contribution in [2.75, 3.05) is 151 Å². The molecule has 117 heavy (non-hydrogen) atoms.